The molecule has 1 nitrogen and oxygen atoms in total. The van der Waals surface area contributed by atoms with Gasteiger partial charge in [0.25, 0.3) is 0 Å². The van der Waals surface area contributed by atoms with E-state index < -0.39 is 0 Å². The lowest BCUT2D eigenvalue weighted by Crippen LogP contribution is -2.10. The maximum absolute atomic E-state index is 2.33. The van der Waals surface area contributed by atoms with Crippen molar-refractivity contribution in [3.8, 4) is 0 Å². The van der Waals surface area contributed by atoms with E-state index in [0.29, 0.717) is 0 Å². The van der Waals surface area contributed by atoms with E-state index >= 15 is 0 Å². The van der Waals surface area contributed by atoms with Gasteiger partial charge in [0, 0.05) is 23.8 Å². The van der Waals surface area contributed by atoms with Crippen molar-refractivity contribution < 1.29 is 0 Å². The minimum atomic E-state index is 1.13. The van der Waals surface area contributed by atoms with Gasteiger partial charge in [-0.2, -0.15) is 0 Å². The highest BCUT2D eigenvalue weighted by atomic mass is 15.1. The van der Waals surface area contributed by atoms with Crippen LogP contribution in [0.5, 0.6) is 0 Å². The first-order valence-electron chi connectivity index (χ1n) is 7.60. The van der Waals surface area contributed by atoms with Gasteiger partial charge in [-0.05, 0) is 35.6 Å². The Hall–Kier alpha value is -2.28. The molecular formula is C20H21N. The fourth-order valence-electron chi connectivity index (χ4n) is 2.85. The molecule has 3 aromatic carbocycles. The van der Waals surface area contributed by atoms with E-state index in [1.165, 1.54) is 34.1 Å². The van der Waals surface area contributed by atoms with Gasteiger partial charge in [-0.25, -0.2) is 0 Å². The van der Waals surface area contributed by atoms with E-state index in [0.717, 1.165) is 6.42 Å². The van der Waals surface area contributed by atoms with Crippen LogP contribution in [0.4, 0.5) is 11.4 Å². The molecule has 0 aliphatic heterocycles. The average Bonchev–Trinajstić information content (AvgIpc) is 2.54. The number of hydrogen-bond acceptors (Lipinski definition) is 1. The first kappa shape index (κ1) is 13.7. The van der Waals surface area contributed by atoms with Crippen molar-refractivity contribution >= 4 is 22.1 Å². The third-order valence-corrected chi connectivity index (χ3v) is 3.94. The molecule has 0 heterocycles. The summed E-state index contributed by atoms with van der Waals surface area (Å²) in [4.78, 5) is 2.28. The summed E-state index contributed by atoms with van der Waals surface area (Å²) in [5.41, 5.74) is 3.91. The van der Waals surface area contributed by atoms with Gasteiger partial charge in [0.05, 0.1) is 0 Å². The predicted octanol–water partition coefficient (Wildman–Crippen LogP) is 5.56. The molecule has 106 valence electrons. The fourth-order valence-corrected chi connectivity index (χ4v) is 2.85. The quantitative estimate of drug-likeness (QED) is 0.602. The standard InChI is InChI=1S/C20H21N/c1-3-9-16-14-17-10-7-8-13-19(17)20(15-16)21(2)18-11-5-4-6-12-18/h4-8,10-15H,3,9H2,1-2H3. The molecule has 0 aliphatic carbocycles. The smallest absolute Gasteiger partial charge is 0.0490 e. The minimum absolute atomic E-state index is 1.13. The molecular weight excluding hydrogens is 254 g/mol. The molecule has 21 heavy (non-hydrogen) atoms. The van der Waals surface area contributed by atoms with E-state index in [1.54, 1.807) is 0 Å². The number of hydrogen-bond donors (Lipinski definition) is 0. The van der Waals surface area contributed by atoms with Crippen LogP contribution in [-0.2, 0) is 6.42 Å². The largest absolute Gasteiger partial charge is 0.344 e. The van der Waals surface area contributed by atoms with Gasteiger partial charge >= 0.3 is 0 Å². The zero-order chi connectivity index (χ0) is 14.7. The van der Waals surface area contributed by atoms with Crippen LogP contribution in [0.1, 0.15) is 18.9 Å². The van der Waals surface area contributed by atoms with Crippen molar-refractivity contribution in [3.63, 3.8) is 0 Å². The summed E-state index contributed by atoms with van der Waals surface area (Å²) in [5.74, 6) is 0. The molecule has 0 bridgehead atoms. The lowest BCUT2D eigenvalue weighted by Gasteiger charge is -2.22. The molecule has 0 N–H and O–H groups in total. The molecule has 0 spiro atoms. The third kappa shape index (κ3) is 2.78. The molecule has 0 fully saturated rings. The van der Waals surface area contributed by atoms with E-state index in [4.69, 9.17) is 0 Å². The monoisotopic (exact) mass is 275 g/mol. The highest BCUT2D eigenvalue weighted by Crippen LogP contribution is 2.32. The number of fused-ring (bicyclic) bond motifs is 1. The fraction of sp³-hybridized carbons (Fsp3) is 0.200. The van der Waals surface area contributed by atoms with Gasteiger partial charge in [-0.1, -0.05) is 61.9 Å². The first-order chi connectivity index (χ1) is 10.3. The molecule has 3 aromatic rings. The second-order valence-electron chi connectivity index (χ2n) is 5.48. The Morgan fingerprint density at radius 2 is 1.57 bits per heavy atom. The van der Waals surface area contributed by atoms with Crippen molar-refractivity contribution in [2.75, 3.05) is 11.9 Å². The number of rotatable bonds is 4. The van der Waals surface area contributed by atoms with E-state index in [2.05, 4.69) is 85.6 Å². The van der Waals surface area contributed by atoms with Crippen molar-refractivity contribution in [2.24, 2.45) is 0 Å². The van der Waals surface area contributed by atoms with E-state index in [9.17, 15) is 0 Å². The molecule has 0 saturated heterocycles. The summed E-state index contributed by atoms with van der Waals surface area (Å²) in [5, 5.41) is 2.63. The van der Waals surface area contributed by atoms with Crippen molar-refractivity contribution in [3.05, 3.63) is 72.3 Å². The number of nitrogens with zero attached hydrogens (tertiary/aromatic N) is 1. The van der Waals surface area contributed by atoms with Gasteiger partial charge < -0.3 is 4.90 Å². The van der Waals surface area contributed by atoms with E-state index in [1.807, 2.05) is 0 Å². The van der Waals surface area contributed by atoms with Crippen molar-refractivity contribution in [2.45, 2.75) is 19.8 Å². The van der Waals surface area contributed by atoms with Crippen LogP contribution in [0, 0.1) is 0 Å². The lowest BCUT2D eigenvalue weighted by molar-refractivity contribution is 0.923. The van der Waals surface area contributed by atoms with Crippen LogP contribution >= 0.6 is 0 Å². The van der Waals surface area contributed by atoms with Crippen LogP contribution < -0.4 is 4.90 Å². The summed E-state index contributed by atoms with van der Waals surface area (Å²) < 4.78 is 0. The van der Waals surface area contributed by atoms with Crippen molar-refractivity contribution in [1.29, 1.82) is 0 Å². The van der Waals surface area contributed by atoms with Crippen LogP contribution in [0.25, 0.3) is 10.8 Å². The Balaban J connectivity index is 2.15. The maximum Gasteiger partial charge on any atom is 0.0490 e. The minimum Gasteiger partial charge on any atom is -0.344 e. The highest BCUT2D eigenvalue weighted by molar-refractivity contribution is 5.96. The van der Waals surface area contributed by atoms with Gasteiger partial charge in [-0.15, -0.1) is 0 Å². The number of benzene rings is 3. The van der Waals surface area contributed by atoms with Gasteiger partial charge in [0.15, 0.2) is 0 Å². The van der Waals surface area contributed by atoms with Crippen LogP contribution in [0.2, 0.25) is 0 Å². The topological polar surface area (TPSA) is 3.24 Å². The van der Waals surface area contributed by atoms with Crippen LogP contribution in [-0.4, -0.2) is 7.05 Å². The Kier molecular flexibility index (Phi) is 3.92. The molecule has 1 heteroatoms. The van der Waals surface area contributed by atoms with Crippen molar-refractivity contribution in [1.82, 2.24) is 0 Å². The second-order valence-corrected chi connectivity index (χ2v) is 5.48. The Morgan fingerprint density at radius 3 is 2.33 bits per heavy atom. The summed E-state index contributed by atoms with van der Waals surface area (Å²) >= 11 is 0. The number of anilines is 2. The SMILES string of the molecule is CCCc1cc(N(C)c2ccccc2)c2ccccc2c1. The molecule has 0 saturated carbocycles. The molecule has 0 radical (unpaired) electrons. The van der Waals surface area contributed by atoms with Crippen LogP contribution in [0.15, 0.2) is 66.7 Å². The van der Waals surface area contributed by atoms with Crippen LogP contribution in [0.3, 0.4) is 0 Å². The number of para-hydroxylation sites is 1. The summed E-state index contributed by atoms with van der Waals surface area (Å²) in [6.45, 7) is 2.23. The highest BCUT2D eigenvalue weighted by Gasteiger charge is 2.09. The average molecular weight is 275 g/mol. The van der Waals surface area contributed by atoms with E-state index in [-0.39, 0.29) is 0 Å². The normalized spacial score (nSPS) is 10.8. The molecule has 0 atom stereocenters. The number of aryl methyl sites for hydroxylation is 1. The lowest BCUT2D eigenvalue weighted by atomic mass is 10.0. The predicted molar refractivity (Wildman–Crippen MR) is 92.4 cm³/mol. The summed E-state index contributed by atoms with van der Waals surface area (Å²) in [7, 11) is 2.15. The first-order valence-corrected chi connectivity index (χ1v) is 7.60. The molecule has 0 aromatic heterocycles. The summed E-state index contributed by atoms with van der Waals surface area (Å²) in [6.07, 6.45) is 2.30. The zero-order valence-electron chi connectivity index (χ0n) is 12.7. The Morgan fingerprint density at radius 1 is 0.857 bits per heavy atom. The van der Waals surface area contributed by atoms with Gasteiger partial charge in [0.2, 0.25) is 0 Å². The summed E-state index contributed by atoms with van der Waals surface area (Å²) in [6, 6.07) is 23.8. The molecule has 0 unspecified atom stereocenters. The second kappa shape index (κ2) is 6.01. The molecule has 0 aliphatic rings. The van der Waals surface area contributed by atoms with Gasteiger partial charge in [-0.3, -0.25) is 0 Å². The maximum atomic E-state index is 2.33. The molecule has 3 rings (SSSR count). The molecule has 0 amide bonds. The Labute approximate surface area is 126 Å². The zero-order valence-corrected chi connectivity index (χ0v) is 12.7. The third-order valence-electron chi connectivity index (χ3n) is 3.94. The Bertz CT molecular complexity index is 731. The van der Waals surface area contributed by atoms with Gasteiger partial charge in [0.1, 0.15) is 0 Å².